The number of benzene rings is 2. The van der Waals surface area contributed by atoms with Gasteiger partial charge in [0.25, 0.3) is 15.9 Å². The Hall–Kier alpha value is -4.29. The maximum absolute atomic E-state index is 14.0. The zero-order valence-corrected chi connectivity index (χ0v) is 22.4. The second-order valence-corrected chi connectivity index (χ2v) is 10.0. The number of aliphatic hydroxyl groups excluding tert-OH is 1. The van der Waals surface area contributed by atoms with Crippen LogP contribution < -0.4 is 18.5 Å². The molecule has 2 aromatic carbocycles. The van der Waals surface area contributed by atoms with Gasteiger partial charge >= 0.3 is 0 Å². The van der Waals surface area contributed by atoms with Gasteiger partial charge in [-0.3, -0.25) is 0 Å². The Balaban J connectivity index is 2.00. The van der Waals surface area contributed by atoms with Gasteiger partial charge in [-0.2, -0.15) is 4.98 Å². The third-order valence-corrected chi connectivity index (χ3v) is 7.28. The number of hydrogen-bond donors (Lipinski definition) is 1. The summed E-state index contributed by atoms with van der Waals surface area (Å²) in [4.78, 5) is 17.6. The summed E-state index contributed by atoms with van der Waals surface area (Å²) in [5.41, 5.74) is 0. The lowest BCUT2D eigenvalue weighted by molar-refractivity contribution is 0.192. The predicted octanol–water partition coefficient (Wildman–Crippen LogP) is 4.10. The van der Waals surface area contributed by atoms with Gasteiger partial charge in [-0.1, -0.05) is 43.7 Å². The van der Waals surface area contributed by atoms with Crippen molar-refractivity contribution in [2.24, 2.45) is 0 Å². The highest BCUT2D eigenvalue weighted by atomic mass is 32.2. The molecule has 2 aromatic heterocycles. The first-order valence-electron chi connectivity index (χ1n) is 12.3. The maximum Gasteiger partial charge on any atom is 0.265 e. The standard InChI is InChI=1S/C27H29N5O6S/c1-3-4-17-32(39(34,35)20-11-6-5-7-12-20)26-23(38-22-14-9-8-13-21(22)36-2)27(37-19-18-33)31-25(30-26)24-28-15-10-16-29-24/h5-16,33H,3-4,17-19H2,1-2H3. The number of nitrogens with zero attached hydrogens (tertiary/aromatic N) is 5. The molecule has 4 rings (SSSR count). The Labute approximate surface area is 227 Å². The highest BCUT2D eigenvalue weighted by molar-refractivity contribution is 7.92. The van der Waals surface area contributed by atoms with Crippen LogP contribution in [0.15, 0.2) is 78.0 Å². The van der Waals surface area contributed by atoms with E-state index in [2.05, 4.69) is 19.9 Å². The summed E-state index contributed by atoms with van der Waals surface area (Å²) in [6.45, 7) is 1.61. The average Bonchev–Trinajstić information content (AvgIpc) is 2.98. The molecule has 0 amide bonds. The summed E-state index contributed by atoms with van der Waals surface area (Å²) in [6, 6.07) is 16.6. The van der Waals surface area contributed by atoms with Crippen LogP contribution in [0.1, 0.15) is 19.8 Å². The maximum atomic E-state index is 14.0. The van der Waals surface area contributed by atoms with E-state index in [1.54, 1.807) is 48.5 Å². The summed E-state index contributed by atoms with van der Waals surface area (Å²) in [5, 5.41) is 9.49. The lowest BCUT2D eigenvalue weighted by atomic mass is 10.3. The molecule has 4 aromatic rings. The fourth-order valence-corrected chi connectivity index (χ4v) is 5.08. The Morgan fingerprint density at radius 2 is 1.59 bits per heavy atom. The zero-order valence-electron chi connectivity index (χ0n) is 21.6. The van der Waals surface area contributed by atoms with E-state index < -0.39 is 10.0 Å². The number of methoxy groups -OCH3 is 1. The van der Waals surface area contributed by atoms with Crippen LogP contribution in [0.5, 0.6) is 23.1 Å². The Morgan fingerprint density at radius 3 is 2.26 bits per heavy atom. The fraction of sp³-hybridized carbons (Fsp3) is 0.259. The summed E-state index contributed by atoms with van der Waals surface area (Å²) in [6.07, 6.45) is 4.30. The summed E-state index contributed by atoms with van der Waals surface area (Å²) in [7, 11) is -2.61. The minimum Gasteiger partial charge on any atom is -0.493 e. The van der Waals surface area contributed by atoms with Crippen molar-refractivity contribution in [3.05, 3.63) is 73.1 Å². The van der Waals surface area contributed by atoms with Crippen molar-refractivity contribution in [2.75, 3.05) is 31.2 Å². The number of aromatic nitrogens is 4. The molecule has 204 valence electrons. The topological polar surface area (TPSA) is 137 Å². The van der Waals surface area contributed by atoms with E-state index >= 15 is 0 Å². The lowest BCUT2D eigenvalue weighted by Gasteiger charge is -2.26. The molecule has 0 saturated carbocycles. The lowest BCUT2D eigenvalue weighted by Crippen LogP contribution is -2.33. The van der Waals surface area contributed by atoms with Crippen LogP contribution in [-0.4, -0.2) is 60.3 Å². The number of rotatable bonds is 13. The molecule has 0 radical (unpaired) electrons. The van der Waals surface area contributed by atoms with Crippen LogP contribution in [0.4, 0.5) is 5.82 Å². The van der Waals surface area contributed by atoms with E-state index in [1.165, 1.54) is 35.9 Å². The normalized spacial score (nSPS) is 11.2. The first-order chi connectivity index (χ1) is 19.0. The van der Waals surface area contributed by atoms with Crippen LogP contribution in [0.3, 0.4) is 0 Å². The van der Waals surface area contributed by atoms with Crippen molar-refractivity contribution in [1.82, 2.24) is 19.9 Å². The number of para-hydroxylation sites is 2. The molecule has 39 heavy (non-hydrogen) atoms. The molecule has 0 spiro atoms. The Kier molecular flexibility index (Phi) is 9.23. The van der Waals surface area contributed by atoms with Crippen LogP contribution in [0.2, 0.25) is 0 Å². The summed E-state index contributed by atoms with van der Waals surface area (Å²) >= 11 is 0. The molecule has 12 heteroatoms. The largest absolute Gasteiger partial charge is 0.493 e. The molecule has 0 saturated heterocycles. The van der Waals surface area contributed by atoms with E-state index in [0.29, 0.717) is 12.2 Å². The molecular weight excluding hydrogens is 522 g/mol. The molecule has 0 atom stereocenters. The average molecular weight is 552 g/mol. The van der Waals surface area contributed by atoms with E-state index in [9.17, 15) is 13.5 Å². The van der Waals surface area contributed by atoms with Crippen molar-refractivity contribution >= 4 is 15.8 Å². The summed E-state index contributed by atoms with van der Waals surface area (Å²) < 4.78 is 46.6. The van der Waals surface area contributed by atoms with Gasteiger partial charge in [-0.25, -0.2) is 27.7 Å². The van der Waals surface area contributed by atoms with Gasteiger partial charge in [0, 0.05) is 18.9 Å². The van der Waals surface area contributed by atoms with E-state index in [-0.39, 0.29) is 59.5 Å². The van der Waals surface area contributed by atoms with Gasteiger partial charge in [0.05, 0.1) is 18.6 Å². The smallest absolute Gasteiger partial charge is 0.265 e. The third kappa shape index (κ3) is 6.41. The molecule has 0 aliphatic carbocycles. The van der Waals surface area contributed by atoms with Crippen molar-refractivity contribution < 1.29 is 27.7 Å². The molecule has 1 N–H and O–H groups in total. The van der Waals surface area contributed by atoms with E-state index in [0.717, 1.165) is 6.42 Å². The Morgan fingerprint density at radius 1 is 0.897 bits per heavy atom. The SMILES string of the molecule is CCCCN(c1nc(-c2ncccn2)nc(OCCO)c1Oc1ccccc1OC)S(=O)(=O)c1ccccc1. The molecule has 2 heterocycles. The molecule has 0 aliphatic rings. The van der Waals surface area contributed by atoms with Gasteiger partial charge in [0.15, 0.2) is 23.1 Å². The van der Waals surface area contributed by atoms with Crippen molar-refractivity contribution in [3.8, 4) is 34.8 Å². The summed E-state index contributed by atoms with van der Waals surface area (Å²) in [5.74, 6) is 0.645. The third-order valence-electron chi connectivity index (χ3n) is 5.48. The van der Waals surface area contributed by atoms with Crippen LogP contribution in [-0.2, 0) is 10.0 Å². The van der Waals surface area contributed by atoms with Crippen molar-refractivity contribution in [3.63, 3.8) is 0 Å². The molecule has 0 bridgehead atoms. The quantitative estimate of drug-likeness (QED) is 0.258. The molecule has 0 fully saturated rings. The molecule has 0 aliphatic heterocycles. The minimum atomic E-state index is -4.11. The van der Waals surface area contributed by atoms with Gasteiger partial charge < -0.3 is 19.3 Å². The minimum absolute atomic E-state index is 0.0238. The van der Waals surface area contributed by atoms with E-state index in [4.69, 9.17) is 14.2 Å². The highest BCUT2D eigenvalue weighted by Crippen LogP contribution is 2.43. The van der Waals surface area contributed by atoms with E-state index in [1.807, 2.05) is 6.92 Å². The zero-order chi connectivity index (χ0) is 27.7. The number of sulfonamides is 1. The first kappa shape index (κ1) is 27.7. The van der Waals surface area contributed by atoms with Crippen LogP contribution in [0, 0.1) is 0 Å². The van der Waals surface area contributed by atoms with Crippen molar-refractivity contribution in [1.29, 1.82) is 0 Å². The van der Waals surface area contributed by atoms with Crippen molar-refractivity contribution in [2.45, 2.75) is 24.7 Å². The monoisotopic (exact) mass is 551 g/mol. The fourth-order valence-electron chi connectivity index (χ4n) is 3.61. The number of hydrogen-bond acceptors (Lipinski definition) is 10. The second kappa shape index (κ2) is 13.0. The molecular formula is C27H29N5O6S. The van der Waals surface area contributed by atoms with Crippen LogP contribution in [0.25, 0.3) is 11.6 Å². The Bertz CT molecular complexity index is 1470. The van der Waals surface area contributed by atoms with Gasteiger partial charge in [0.2, 0.25) is 11.6 Å². The number of unbranched alkanes of at least 4 members (excludes halogenated alkanes) is 1. The number of anilines is 1. The predicted molar refractivity (Wildman–Crippen MR) is 145 cm³/mol. The number of ether oxygens (including phenoxy) is 3. The highest BCUT2D eigenvalue weighted by Gasteiger charge is 2.32. The second-order valence-electron chi connectivity index (χ2n) is 8.15. The van der Waals surface area contributed by atoms with Gasteiger partial charge in [-0.15, -0.1) is 0 Å². The molecule has 0 unspecified atom stereocenters. The van der Waals surface area contributed by atoms with Crippen LogP contribution >= 0.6 is 0 Å². The van der Waals surface area contributed by atoms with Gasteiger partial charge in [0.1, 0.15) is 6.61 Å². The van der Waals surface area contributed by atoms with Gasteiger partial charge in [-0.05, 0) is 36.8 Å². The first-order valence-corrected chi connectivity index (χ1v) is 13.7. The molecule has 11 nitrogen and oxygen atoms in total. The number of aliphatic hydroxyl groups is 1.